The number of hydrogen-bond donors (Lipinski definition) is 1. The molecule has 0 aliphatic heterocycles. The lowest BCUT2D eigenvalue weighted by atomic mass is 10.0. The molecular formula is C23H23NO3. The van der Waals surface area contributed by atoms with Gasteiger partial charge in [0.05, 0.1) is 11.6 Å². The number of benzene rings is 3. The zero-order chi connectivity index (χ0) is 19.4. The van der Waals surface area contributed by atoms with Crippen molar-refractivity contribution in [2.45, 2.75) is 26.8 Å². The minimum atomic E-state index is -0.231. The van der Waals surface area contributed by atoms with Gasteiger partial charge in [-0.15, -0.1) is 0 Å². The minimum absolute atomic E-state index is 0.123. The molecule has 1 amide bonds. The summed E-state index contributed by atoms with van der Waals surface area (Å²) >= 11 is 0. The summed E-state index contributed by atoms with van der Waals surface area (Å²) in [5.41, 5.74) is 3.92. The van der Waals surface area contributed by atoms with Crippen molar-refractivity contribution in [2.24, 2.45) is 0 Å². The van der Waals surface area contributed by atoms with Gasteiger partial charge in [-0.25, -0.2) is 0 Å². The fourth-order valence-corrected chi connectivity index (χ4v) is 3.07. The molecule has 0 saturated heterocycles. The lowest BCUT2D eigenvalue weighted by Gasteiger charge is -2.16. The van der Waals surface area contributed by atoms with Crippen LogP contribution in [0.3, 0.4) is 0 Å². The summed E-state index contributed by atoms with van der Waals surface area (Å²) in [7, 11) is 0. The van der Waals surface area contributed by atoms with Gasteiger partial charge in [-0.1, -0.05) is 48.5 Å². The Bertz CT molecular complexity index is 994. The fourth-order valence-electron chi connectivity index (χ4n) is 3.07. The van der Waals surface area contributed by atoms with Crippen LogP contribution in [0.5, 0.6) is 5.75 Å². The van der Waals surface area contributed by atoms with E-state index in [1.807, 2.05) is 43.3 Å². The van der Waals surface area contributed by atoms with Gasteiger partial charge in [-0.05, 0) is 54.3 Å². The van der Waals surface area contributed by atoms with Crippen LogP contribution < -0.4 is 10.1 Å². The van der Waals surface area contributed by atoms with Gasteiger partial charge in [0.1, 0.15) is 5.75 Å². The number of aryl methyl sites for hydroxylation is 2. The molecule has 0 radical (unpaired) electrons. The molecule has 0 bridgehead atoms. The third kappa shape index (κ3) is 4.17. The van der Waals surface area contributed by atoms with Gasteiger partial charge in [-0.2, -0.15) is 0 Å². The summed E-state index contributed by atoms with van der Waals surface area (Å²) in [6, 6.07) is 17.2. The lowest BCUT2D eigenvalue weighted by molar-refractivity contribution is -0.123. The molecule has 1 N–H and O–H groups in total. The van der Waals surface area contributed by atoms with E-state index in [2.05, 4.69) is 31.3 Å². The molecule has 0 aromatic heterocycles. The Morgan fingerprint density at radius 2 is 1.85 bits per heavy atom. The number of carbonyl (C=O) groups excluding carboxylic acids is 2. The third-order valence-electron chi connectivity index (χ3n) is 4.82. The quantitative estimate of drug-likeness (QED) is 0.657. The summed E-state index contributed by atoms with van der Waals surface area (Å²) in [4.78, 5) is 23.8. The van der Waals surface area contributed by atoms with Crippen LogP contribution in [0, 0.1) is 13.8 Å². The predicted octanol–water partition coefficient (Wildman–Crippen LogP) is 4.53. The Hall–Kier alpha value is -3.14. The van der Waals surface area contributed by atoms with E-state index in [1.54, 1.807) is 6.07 Å². The van der Waals surface area contributed by atoms with Gasteiger partial charge >= 0.3 is 0 Å². The van der Waals surface area contributed by atoms with Crippen LogP contribution in [-0.2, 0) is 4.79 Å². The molecule has 0 heterocycles. The maximum absolute atomic E-state index is 12.3. The third-order valence-corrected chi connectivity index (χ3v) is 4.82. The van der Waals surface area contributed by atoms with Gasteiger partial charge < -0.3 is 10.1 Å². The molecule has 0 saturated carbocycles. The first-order valence-corrected chi connectivity index (χ1v) is 8.96. The van der Waals surface area contributed by atoms with Crippen LogP contribution in [0.2, 0.25) is 0 Å². The maximum atomic E-state index is 12.3. The van der Waals surface area contributed by atoms with E-state index in [0.29, 0.717) is 11.3 Å². The number of carbonyl (C=O) groups is 2. The number of nitrogens with one attached hydrogen (secondary N) is 1. The van der Waals surface area contributed by atoms with Crippen molar-refractivity contribution < 1.29 is 14.3 Å². The summed E-state index contributed by atoms with van der Waals surface area (Å²) in [5, 5.41) is 4.71. The molecule has 0 aliphatic rings. The summed E-state index contributed by atoms with van der Waals surface area (Å²) in [5.74, 6) is 0.184. The monoisotopic (exact) mass is 361 g/mol. The molecule has 0 fully saturated rings. The second-order valence-corrected chi connectivity index (χ2v) is 6.74. The molecule has 1 unspecified atom stereocenters. The van der Waals surface area contributed by atoms with E-state index in [4.69, 9.17) is 4.74 Å². The summed E-state index contributed by atoms with van der Waals surface area (Å²) in [6.45, 7) is 5.91. The number of ether oxygens (including phenoxy) is 1. The van der Waals surface area contributed by atoms with Gasteiger partial charge in [0.25, 0.3) is 5.91 Å². The van der Waals surface area contributed by atoms with Crippen LogP contribution in [0.25, 0.3) is 10.8 Å². The summed E-state index contributed by atoms with van der Waals surface area (Å²) in [6.07, 6.45) is 0.771. The smallest absolute Gasteiger partial charge is 0.258 e. The van der Waals surface area contributed by atoms with Crippen molar-refractivity contribution in [3.63, 3.8) is 0 Å². The summed E-state index contributed by atoms with van der Waals surface area (Å²) < 4.78 is 5.63. The number of hydrogen-bond acceptors (Lipinski definition) is 3. The second-order valence-electron chi connectivity index (χ2n) is 6.74. The van der Waals surface area contributed by atoms with Crippen molar-refractivity contribution in [1.82, 2.24) is 5.32 Å². The highest BCUT2D eigenvalue weighted by Gasteiger charge is 2.13. The zero-order valence-electron chi connectivity index (χ0n) is 15.8. The molecule has 3 rings (SSSR count). The first-order valence-electron chi connectivity index (χ1n) is 8.96. The molecule has 0 aliphatic carbocycles. The highest BCUT2D eigenvalue weighted by atomic mass is 16.5. The SMILES string of the molecule is Cc1ccc(C(C)NC(=O)COc2ccc3ccccc3c2C=O)cc1C. The average molecular weight is 361 g/mol. The van der Waals surface area contributed by atoms with Crippen LogP contribution in [0.15, 0.2) is 54.6 Å². The van der Waals surface area contributed by atoms with Crippen molar-refractivity contribution >= 4 is 23.0 Å². The molecule has 4 heteroatoms. The average Bonchev–Trinajstić information content (AvgIpc) is 2.67. The van der Waals surface area contributed by atoms with E-state index in [9.17, 15) is 9.59 Å². The van der Waals surface area contributed by atoms with Crippen LogP contribution in [-0.4, -0.2) is 18.8 Å². The number of rotatable bonds is 6. The van der Waals surface area contributed by atoms with Crippen LogP contribution in [0.1, 0.15) is 40.0 Å². The van der Waals surface area contributed by atoms with E-state index in [1.165, 1.54) is 11.1 Å². The zero-order valence-corrected chi connectivity index (χ0v) is 15.8. The topological polar surface area (TPSA) is 55.4 Å². The highest BCUT2D eigenvalue weighted by Crippen LogP contribution is 2.26. The molecule has 4 nitrogen and oxygen atoms in total. The van der Waals surface area contributed by atoms with E-state index >= 15 is 0 Å². The van der Waals surface area contributed by atoms with Crippen molar-refractivity contribution in [3.8, 4) is 5.75 Å². The molecule has 3 aromatic carbocycles. The molecular weight excluding hydrogens is 338 g/mol. The second kappa shape index (κ2) is 8.04. The van der Waals surface area contributed by atoms with Gasteiger partial charge in [0, 0.05) is 0 Å². The molecule has 1 atom stereocenters. The Morgan fingerprint density at radius 1 is 1.07 bits per heavy atom. The number of aldehydes is 1. The molecule has 0 spiro atoms. The Labute approximate surface area is 159 Å². The van der Waals surface area contributed by atoms with E-state index < -0.39 is 0 Å². The van der Waals surface area contributed by atoms with Crippen molar-refractivity contribution in [1.29, 1.82) is 0 Å². The van der Waals surface area contributed by atoms with Crippen molar-refractivity contribution in [2.75, 3.05) is 6.61 Å². The maximum Gasteiger partial charge on any atom is 0.258 e. The standard InChI is InChI=1S/C23H23NO3/c1-15-8-9-19(12-16(15)2)17(3)24-23(26)14-27-22-11-10-18-6-4-5-7-20(18)21(22)13-25/h4-13,17H,14H2,1-3H3,(H,24,26). The Morgan fingerprint density at radius 3 is 2.59 bits per heavy atom. The first kappa shape index (κ1) is 18.6. The Kier molecular flexibility index (Phi) is 5.55. The largest absolute Gasteiger partial charge is 0.483 e. The highest BCUT2D eigenvalue weighted by molar-refractivity contribution is 6.00. The van der Waals surface area contributed by atoms with Crippen LogP contribution >= 0.6 is 0 Å². The van der Waals surface area contributed by atoms with Crippen molar-refractivity contribution in [3.05, 3.63) is 76.9 Å². The normalized spacial score (nSPS) is 11.8. The fraction of sp³-hybridized carbons (Fsp3) is 0.217. The van der Waals surface area contributed by atoms with Gasteiger partial charge in [0.15, 0.2) is 12.9 Å². The van der Waals surface area contributed by atoms with Crippen LogP contribution in [0.4, 0.5) is 0 Å². The lowest BCUT2D eigenvalue weighted by Crippen LogP contribution is -2.31. The van der Waals surface area contributed by atoms with E-state index in [0.717, 1.165) is 22.6 Å². The Balaban J connectivity index is 1.67. The predicted molar refractivity (Wildman–Crippen MR) is 107 cm³/mol. The number of fused-ring (bicyclic) bond motifs is 1. The minimum Gasteiger partial charge on any atom is -0.483 e. The van der Waals surface area contributed by atoms with E-state index in [-0.39, 0.29) is 18.6 Å². The molecule has 3 aromatic rings. The number of amides is 1. The molecule has 138 valence electrons. The van der Waals surface area contributed by atoms with Gasteiger partial charge in [0.2, 0.25) is 0 Å². The first-order chi connectivity index (χ1) is 13.0. The molecule has 27 heavy (non-hydrogen) atoms. The van der Waals surface area contributed by atoms with Gasteiger partial charge in [-0.3, -0.25) is 9.59 Å².